The Morgan fingerprint density at radius 1 is 0.654 bits per heavy atom. The molecule has 0 radical (unpaired) electrons. The van der Waals surface area contributed by atoms with Crippen LogP contribution < -0.4 is 0 Å². The van der Waals surface area contributed by atoms with Gasteiger partial charge in [-0.3, -0.25) is 0 Å². The summed E-state index contributed by atoms with van der Waals surface area (Å²) in [4.78, 5) is 14.0. The van der Waals surface area contributed by atoms with Crippen molar-refractivity contribution in [3.63, 3.8) is 0 Å². The highest BCUT2D eigenvalue weighted by Gasteiger charge is 2.12. The van der Waals surface area contributed by atoms with Crippen LogP contribution in [0.25, 0.3) is 28.3 Å². The lowest BCUT2D eigenvalue weighted by Crippen LogP contribution is -2.02. The fourth-order valence-corrected chi connectivity index (χ4v) is 2.68. The fourth-order valence-electron chi connectivity index (χ4n) is 2.68. The molecule has 1 aromatic heterocycles. The van der Waals surface area contributed by atoms with E-state index < -0.39 is 6.10 Å². The molecule has 4 rings (SSSR count). The minimum Gasteiger partial charge on any atom is -0.385 e. The summed E-state index contributed by atoms with van der Waals surface area (Å²) in [6.45, 7) is 0. The van der Waals surface area contributed by atoms with E-state index in [-0.39, 0.29) is 0 Å². The molecule has 1 heterocycles. The average Bonchev–Trinajstić information content (AvgIpc) is 2.93. The van der Waals surface area contributed by atoms with E-state index in [0.717, 1.165) is 16.7 Å². The Hall–Kier alpha value is -3.37. The maximum Gasteiger partial charge on any atom is 0.164 e. The van der Waals surface area contributed by atoms with Gasteiger partial charge in [-0.25, -0.2) is 15.0 Å². The Labute approximate surface area is 151 Å². The predicted molar refractivity (Wildman–Crippen MR) is 103 cm³/mol. The molecule has 0 fully saturated rings. The molecule has 1 aliphatic rings. The number of rotatable bonds is 3. The topological polar surface area (TPSA) is 58.9 Å². The van der Waals surface area contributed by atoms with Crippen LogP contribution in [0.2, 0.25) is 0 Å². The first-order valence-corrected chi connectivity index (χ1v) is 8.42. The van der Waals surface area contributed by atoms with Crippen molar-refractivity contribution in [2.45, 2.75) is 6.10 Å². The molecule has 126 valence electrons. The first kappa shape index (κ1) is 16.1. The maximum absolute atomic E-state index is 9.76. The first-order chi connectivity index (χ1) is 12.8. The zero-order valence-corrected chi connectivity index (χ0v) is 14.0. The van der Waals surface area contributed by atoms with Crippen molar-refractivity contribution in [1.82, 2.24) is 15.0 Å². The monoisotopic (exact) mass is 339 g/mol. The third-order valence-corrected chi connectivity index (χ3v) is 4.01. The summed E-state index contributed by atoms with van der Waals surface area (Å²) in [5.41, 5.74) is 2.69. The smallest absolute Gasteiger partial charge is 0.164 e. The number of nitrogens with zero attached hydrogens (tertiary/aromatic N) is 3. The van der Waals surface area contributed by atoms with Crippen LogP contribution in [0.15, 0.2) is 91.0 Å². The average molecular weight is 339 g/mol. The minimum atomic E-state index is -0.604. The second-order valence-corrected chi connectivity index (χ2v) is 5.89. The van der Waals surface area contributed by atoms with E-state index in [1.807, 2.05) is 78.9 Å². The summed E-state index contributed by atoms with van der Waals surface area (Å²) in [7, 11) is 0. The molecule has 0 saturated carbocycles. The van der Waals surface area contributed by atoms with Crippen LogP contribution in [0.5, 0.6) is 0 Å². The van der Waals surface area contributed by atoms with Gasteiger partial charge in [-0.15, -0.1) is 0 Å². The van der Waals surface area contributed by atoms with Gasteiger partial charge in [0, 0.05) is 16.7 Å². The fraction of sp³-hybridized carbons (Fsp3) is 0.0455. The molecule has 0 amide bonds. The normalized spacial score (nSPS) is 16.2. The molecule has 1 aliphatic carbocycles. The summed E-state index contributed by atoms with van der Waals surface area (Å²) in [6.07, 6.45) is 8.36. The zero-order valence-electron chi connectivity index (χ0n) is 14.0. The summed E-state index contributed by atoms with van der Waals surface area (Å²) >= 11 is 0. The van der Waals surface area contributed by atoms with Gasteiger partial charge in [-0.05, 0) is 0 Å². The van der Waals surface area contributed by atoms with Gasteiger partial charge in [0.15, 0.2) is 17.5 Å². The Balaban J connectivity index is 1.87. The third kappa shape index (κ3) is 3.50. The lowest BCUT2D eigenvalue weighted by molar-refractivity contribution is 0.272. The third-order valence-electron chi connectivity index (χ3n) is 4.01. The number of allylic oxidation sites excluding steroid dienone is 4. The van der Waals surface area contributed by atoms with Crippen LogP contribution in [0.3, 0.4) is 0 Å². The molecular formula is C22H17N3O. The Kier molecular flexibility index (Phi) is 4.50. The molecule has 2 aromatic carbocycles. The molecule has 1 N–H and O–H groups in total. The van der Waals surface area contributed by atoms with Crippen LogP contribution >= 0.6 is 0 Å². The number of aliphatic hydroxyl groups excluding tert-OH is 1. The number of aliphatic hydroxyl groups is 1. The summed E-state index contributed by atoms with van der Waals surface area (Å²) in [6, 6.07) is 19.7. The summed E-state index contributed by atoms with van der Waals surface area (Å²) in [5.74, 6) is 1.82. The zero-order chi connectivity index (χ0) is 17.8. The molecule has 1 unspecified atom stereocenters. The molecule has 3 aromatic rings. The van der Waals surface area contributed by atoms with Gasteiger partial charge in [0.1, 0.15) is 0 Å². The number of benzene rings is 2. The van der Waals surface area contributed by atoms with Crippen molar-refractivity contribution in [1.29, 1.82) is 0 Å². The largest absolute Gasteiger partial charge is 0.385 e. The summed E-state index contributed by atoms with van der Waals surface area (Å²) < 4.78 is 0. The van der Waals surface area contributed by atoms with Gasteiger partial charge in [0.25, 0.3) is 0 Å². The lowest BCUT2D eigenvalue weighted by atomic mass is 10.1. The maximum atomic E-state index is 9.76. The Morgan fingerprint density at radius 3 is 1.77 bits per heavy atom. The molecule has 4 nitrogen and oxygen atoms in total. The Bertz CT molecular complexity index is 935. The van der Waals surface area contributed by atoms with Gasteiger partial charge >= 0.3 is 0 Å². The van der Waals surface area contributed by atoms with Crippen molar-refractivity contribution in [3.05, 3.63) is 96.9 Å². The van der Waals surface area contributed by atoms with E-state index in [1.165, 1.54) is 0 Å². The van der Waals surface area contributed by atoms with Gasteiger partial charge in [-0.2, -0.15) is 0 Å². The molecule has 0 spiro atoms. The van der Waals surface area contributed by atoms with Gasteiger partial charge in [0.05, 0.1) is 6.10 Å². The lowest BCUT2D eigenvalue weighted by Gasteiger charge is -2.08. The number of hydrogen-bond donors (Lipinski definition) is 1. The van der Waals surface area contributed by atoms with Crippen molar-refractivity contribution in [3.8, 4) is 22.8 Å². The standard InChI is InChI=1S/C22H17N3O/c26-19-13-7-12-18(14-15-19)22-24-20(16-8-3-1-4-9-16)23-21(25-22)17-10-5-2-6-11-17/h1-15,19,26H. The molecule has 0 saturated heterocycles. The van der Waals surface area contributed by atoms with Crippen molar-refractivity contribution in [2.75, 3.05) is 0 Å². The van der Waals surface area contributed by atoms with E-state index in [2.05, 4.69) is 15.0 Å². The molecule has 1 atom stereocenters. The van der Waals surface area contributed by atoms with E-state index in [0.29, 0.717) is 17.5 Å². The van der Waals surface area contributed by atoms with Gasteiger partial charge < -0.3 is 5.11 Å². The van der Waals surface area contributed by atoms with Crippen molar-refractivity contribution in [2.24, 2.45) is 0 Å². The summed E-state index contributed by atoms with van der Waals surface area (Å²) in [5, 5.41) is 9.76. The van der Waals surface area contributed by atoms with E-state index in [1.54, 1.807) is 12.2 Å². The molecule has 0 bridgehead atoms. The van der Waals surface area contributed by atoms with Crippen LogP contribution in [0.1, 0.15) is 5.82 Å². The highest BCUT2D eigenvalue weighted by atomic mass is 16.3. The molecule has 0 aliphatic heterocycles. The SMILES string of the molecule is OC1C=CC=C(c2nc(-c3ccccc3)nc(-c3ccccc3)n2)C=C1. The van der Waals surface area contributed by atoms with Crippen LogP contribution in [-0.2, 0) is 0 Å². The predicted octanol–water partition coefficient (Wildman–Crippen LogP) is 4.08. The van der Waals surface area contributed by atoms with Crippen molar-refractivity contribution < 1.29 is 5.11 Å². The highest BCUT2D eigenvalue weighted by molar-refractivity contribution is 5.74. The second-order valence-electron chi connectivity index (χ2n) is 5.89. The van der Waals surface area contributed by atoms with E-state index >= 15 is 0 Å². The van der Waals surface area contributed by atoms with Crippen LogP contribution in [0, 0.1) is 0 Å². The second kappa shape index (κ2) is 7.25. The van der Waals surface area contributed by atoms with E-state index in [9.17, 15) is 5.11 Å². The molecule has 4 heteroatoms. The quantitative estimate of drug-likeness (QED) is 0.781. The van der Waals surface area contributed by atoms with Gasteiger partial charge in [0.2, 0.25) is 0 Å². The number of hydrogen-bond acceptors (Lipinski definition) is 4. The van der Waals surface area contributed by atoms with Crippen molar-refractivity contribution >= 4 is 5.57 Å². The van der Waals surface area contributed by atoms with Crippen LogP contribution in [-0.4, -0.2) is 26.2 Å². The van der Waals surface area contributed by atoms with E-state index in [4.69, 9.17) is 0 Å². The Morgan fingerprint density at radius 2 is 1.19 bits per heavy atom. The van der Waals surface area contributed by atoms with Gasteiger partial charge in [-0.1, -0.05) is 91.0 Å². The molecule has 26 heavy (non-hydrogen) atoms. The van der Waals surface area contributed by atoms with Crippen LogP contribution in [0.4, 0.5) is 0 Å². The first-order valence-electron chi connectivity index (χ1n) is 8.42. The molecular weight excluding hydrogens is 322 g/mol. The highest BCUT2D eigenvalue weighted by Crippen LogP contribution is 2.23. The number of aromatic nitrogens is 3. The minimum absolute atomic E-state index is 0.577.